The van der Waals surface area contributed by atoms with Crippen molar-refractivity contribution < 1.29 is 4.79 Å². The molecule has 1 aromatic rings. The predicted molar refractivity (Wildman–Crippen MR) is 63.0 cm³/mol. The Hall–Kier alpha value is -1.17. The van der Waals surface area contributed by atoms with Crippen LogP contribution in [0.5, 0.6) is 0 Å². The smallest absolute Gasteiger partial charge is 0.247 e. The molecular formula is C9H10ClN3OS. The number of carbonyl (C=O) groups excluding carboxylic acids is 1. The Morgan fingerprint density at radius 1 is 1.47 bits per heavy atom. The van der Waals surface area contributed by atoms with Crippen LogP contribution in [0.15, 0.2) is 24.3 Å². The average Bonchev–Trinajstić information content (AvgIpc) is 2.20. The van der Waals surface area contributed by atoms with Crippen molar-refractivity contribution in [3.8, 4) is 0 Å². The summed E-state index contributed by atoms with van der Waals surface area (Å²) in [4.78, 5) is 11.5. The number of thiocarbonyl (C=S) groups is 1. The van der Waals surface area contributed by atoms with Crippen molar-refractivity contribution in [3.05, 3.63) is 34.9 Å². The van der Waals surface area contributed by atoms with E-state index in [2.05, 4.69) is 12.2 Å². The number of benzene rings is 1. The van der Waals surface area contributed by atoms with Gasteiger partial charge in [0, 0.05) is 5.02 Å². The van der Waals surface area contributed by atoms with Gasteiger partial charge in [-0.05, 0) is 23.8 Å². The summed E-state index contributed by atoms with van der Waals surface area (Å²) in [6.45, 7) is 0. The summed E-state index contributed by atoms with van der Waals surface area (Å²) in [6.07, 6.45) is 0.0769. The van der Waals surface area contributed by atoms with E-state index in [4.69, 9.17) is 23.2 Å². The maximum Gasteiger partial charge on any atom is 0.247 e. The van der Waals surface area contributed by atoms with E-state index in [0.29, 0.717) is 10.6 Å². The number of amides is 1. The minimum atomic E-state index is -0.393. The van der Waals surface area contributed by atoms with Gasteiger partial charge >= 0.3 is 0 Å². The molecule has 0 unspecified atom stereocenters. The molecule has 0 radical (unpaired) electrons. The van der Waals surface area contributed by atoms with E-state index in [-0.39, 0.29) is 11.5 Å². The maximum atomic E-state index is 11.5. The van der Waals surface area contributed by atoms with Crippen LogP contribution in [-0.4, -0.2) is 16.0 Å². The van der Waals surface area contributed by atoms with Crippen LogP contribution in [-0.2, 0) is 11.2 Å². The van der Waals surface area contributed by atoms with E-state index in [9.17, 15) is 4.79 Å². The molecule has 4 N–H and O–H groups in total. The number of carbonyl (C=O) groups is 1. The van der Waals surface area contributed by atoms with Crippen molar-refractivity contribution in [1.82, 2.24) is 5.01 Å². The monoisotopic (exact) mass is 243 g/mol. The lowest BCUT2D eigenvalue weighted by atomic mass is 10.1. The molecule has 0 fully saturated rings. The highest BCUT2D eigenvalue weighted by molar-refractivity contribution is 7.80. The van der Waals surface area contributed by atoms with Crippen molar-refractivity contribution >= 4 is 34.8 Å². The highest BCUT2D eigenvalue weighted by Gasteiger charge is 2.13. The van der Waals surface area contributed by atoms with Crippen LogP contribution < -0.4 is 11.6 Å². The Kier molecular flexibility index (Phi) is 4.02. The summed E-state index contributed by atoms with van der Waals surface area (Å²) in [5.74, 6) is 4.94. The zero-order chi connectivity index (χ0) is 11.4. The molecule has 1 amide bonds. The van der Waals surface area contributed by atoms with Gasteiger partial charge in [0.15, 0.2) is 5.11 Å². The highest BCUT2D eigenvalue weighted by atomic mass is 35.5. The maximum absolute atomic E-state index is 11.5. The molecule has 6 heteroatoms. The minimum Gasteiger partial charge on any atom is -0.375 e. The standard InChI is InChI=1S/C9H10ClN3OS/c10-7-4-2-1-3-6(7)5-8(14)13(12)9(11)15/h1-4H,5,12H2,(H2,11,15). The second-order valence-corrected chi connectivity index (χ2v) is 3.70. The second kappa shape index (κ2) is 5.06. The topological polar surface area (TPSA) is 72.3 Å². The Balaban J connectivity index is 2.75. The van der Waals surface area contributed by atoms with Crippen molar-refractivity contribution in [1.29, 1.82) is 0 Å². The van der Waals surface area contributed by atoms with Gasteiger partial charge in [-0.3, -0.25) is 4.79 Å². The minimum absolute atomic E-state index is 0.0769. The van der Waals surface area contributed by atoms with Gasteiger partial charge in [0.05, 0.1) is 6.42 Å². The zero-order valence-electron chi connectivity index (χ0n) is 7.81. The van der Waals surface area contributed by atoms with Gasteiger partial charge in [0.25, 0.3) is 0 Å². The molecule has 1 rings (SSSR count). The number of hydrogen-bond acceptors (Lipinski definition) is 3. The first kappa shape index (κ1) is 11.9. The molecule has 0 spiro atoms. The zero-order valence-corrected chi connectivity index (χ0v) is 9.39. The quantitative estimate of drug-likeness (QED) is 0.349. The Labute approximate surface area is 97.8 Å². The lowest BCUT2D eigenvalue weighted by molar-refractivity contribution is -0.126. The largest absolute Gasteiger partial charge is 0.375 e. The van der Waals surface area contributed by atoms with Crippen molar-refractivity contribution in [2.24, 2.45) is 11.6 Å². The van der Waals surface area contributed by atoms with Gasteiger partial charge in [-0.2, -0.15) is 0 Å². The predicted octanol–water partition coefficient (Wildman–Crippen LogP) is 0.828. The Morgan fingerprint density at radius 2 is 2.07 bits per heavy atom. The number of nitrogens with two attached hydrogens (primary N) is 2. The molecule has 80 valence electrons. The van der Waals surface area contributed by atoms with Crippen LogP contribution in [0, 0.1) is 0 Å². The number of nitrogens with zero attached hydrogens (tertiary/aromatic N) is 1. The van der Waals surface area contributed by atoms with E-state index in [1.54, 1.807) is 24.3 Å². The molecule has 4 nitrogen and oxygen atoms in total. The van der Waals surface area contributed by atoms with Crippen LogP contribution in [0.1, 0.15) is 5.56 Å². The first-order chi connectivity index (χ1) is 7.02. The highest BCUT2D eigenvalue weighted by Crippen LogP contribution is 2.15. The normalized spacial score (nSPS) is 9.73. The van der Waals surface area contributed by atoms with Crippen molar-refractivity contribution in [2.45, 2.75) is 6.42 Å². The fourth-order valence-electron chi connectivity index (χ4n) is 1.01. The lowest BCUT2D eigenvalue weighted by Gasteiger charge is -2.14. The summed E-state index contributed by atoms with van der Waals surface area (Å²) < 4.78 is 0. The first-order valence-electron chi connectivity index (χ1n) is 4.13. The SMILES string of the molecule is NC(=S)N(N)C(=O)Cc1ccccc1Cl. The molecule has 0 atom stereocenters. The van der Waals surface area contributed by atoms with Crippen molar-refractivity contribution in [3.63, 3.8) is 0 Å². The van der Waals surface area contributed by atoms with Gasteiger partial charge in [-0.1, -0.05) is 29.8 Å². The van der Waals surface area contributed by atoms with E-state index < -0.39 is 5.91 Å². The van der Waals surface area contributed by atoms with E-state index in [1.807, 2.05) is 0 Å². The number of hydrogen-bond donors (Lipinski definition) is 2. The molecule has 0 aliphatic heterocycles. The Bertz CT molecular complexity index is 397. The fraction of sp³-hybridized carbons (Fsp3) is 0.111. The van der Waals surface area contributed by atoms with E-state index in [1.165, 1.54) is 0 Å². The van der Waals surface area contributed by atoms with Crippen molar-refractivity contribution in [2.75, 3.05) is 0 Å². The molecule has 0 heterocycles. The van der Waals surface area contributed by atoms with Gasteiger partial charge < -0.3 is 5.73 Å². The number of hydrazine groups is 1. The van der Waals surface area contributed by atoms with E-state index >= 15 is 0 Å². The lowest BCUT2D eigenvalue weighted by Crippen LogP contribution is -2.46. The molecule has 0 aliphatic rings. The number of rotatable bonds is 2. The molecule has 0 aromatic heterocycles. The third-order valence-corrected chi connectivity index (χ3v) is 2.37. The summed E-state index contributed by atoms with van der Waals surface area (Å²) in [5, 5.41) is 1.09. The van der Waals surface area contributed by atoms with Crippen LogP contribution >= 0.6 is 23.8 Å². The van der Waals surface area contributed by atoms with Gasteiger partial charge in [-0.25, -0.2) is 10.9 Å². The van der Waals surface area contributed by atoms with Crippen LogP contribution in [0.2, 0.25) is 5.02 Å². The molecule has 1 aromatic carbocycles. The third-order valence-electron chi connectivity index (χ3n) is 1.81. The first-order valence-corrected chi connectivity index (χ1v) is 4.91. The molecule has 0 saturated heterocycles. The summed E-state index contributed by atoms with van der Waals surface area (Å²) in [7, 11) is 0. The van der Waals surface area contributed by atoms with E-state index in [0.717, 1.165) is 5.01 Å². The molecule has 0 bridgehead atoms. The summed E-state index contributed by atoms with van der Waals surface area (Å²) in [5.41, 5.74) is 5.90. The summed E-state index contributed by atoms with van der Waals surface area (Å²) in [6, 6.07) is 7.01. The average molecular weight is 244 g/mol. The number of halogens is 1. The fourth-order valence-corrected chi connectivity index (χ4v) is 1.32. The summed E-state index contributed by atoms with van der Waals surface area (Å²) >= 11 is 10.4. The third kappa shape index (κ3) is 3.16. The van der Waals surface area contributed by atoms with Crippen LogP contribution in [0.4, 0.5) is 0 Å². The molecule has 0 saturated carbocycles. The van der Waals surface area contributed by atoms with Gasteiger partial charge in [0.2, 0.25) is 5.91 Å². The van der Waals surface area contributed by atoms with Crippen LogP contribution in [0.3, 0.4) is 0 Å². The Morgan fingerprint density at radius 3 is 2.60 bits per heavy atom. The molecular weight excluding hydrogens is 234 g/mol. The molecule has 15 heavy (non-hydrogen) atoms. The second-order valence-electron chi connectivity index (χ2n) is 2.87. The van der Waals surface area contributed by atoms with Gasteiger partial charge in [0.1, 0.15) is 0 Å². The van der Waals surface area contributed by atoms with Gasteiger partial charge in [-0.15, -0.1) is 0 Å². The van der Waals surface area contributed by atoms with Crippen LogP contribution in [0.25, 0.3) is 0 Å². The molecule has 0 aliphatic carbocycles.